The molecule has 2 atom stereocenters. The maximum absolute atomic E-state index is 13.0. The van der Waals surface area contributed by atoms with Gasteiger partial charge in [0, 0.05) is 30.9 Å². The average molecular weight is 266 g/mol. The van der Waals surface area contributed by atoms with Crippen molar-refractivity contribution in [3.8, 4) is 0 Å². The number of hydrogen-bond acceptors (Lipinski definition) is 3. The van der Waals surface area contributed by atoms with Gasteiger partial charge in [-0.1, -0.05) is 0 Å². The topological polar surface area (TPSA) is 24.5 Å². The Morgan fingerprint density at radius 1 is 1.42 bits per heavy atom. The summed E-state index contributed by atoms with van der Waals surface area (Å²) in [6.07, 6.45) is 1.03. The molecular formula is C15H23FN2O. The molecule has 106 valence electrons. The van der Waals surface area contributed by atoms with Gasteiger partial charge in [-0.2, -0.15) is 0 Å². The number of benzene rings is 1. The lowest BCUT2D eigenvalue weighted by Crippen LogP contribution is -2.46. The summed E-state index contributed by atoms with van der Waals surface area (Å²) in [7, 11) is 0. The second-order valence-electron chi connectivity index (χ2n) is 5.07. The van der Waals surface area contributed by atoms with Crippen molar-refractivity contribution in [2.24, 2.45) is 0 Å². The third kappa shape index (κ3) is 3.91. The molecule has 1 aromatic rings. The molecule has 2 rings (SSSR count). The largest absolute Gasteiger partial charge is 0.379 e. The minimum atomic E-state index is -0.185. The van der Waals surface area contributed by atoms with Gasteiger partial charge in [0.1, 0.15) is 5.82 Å². The lowest BCUT2D eigenvalue weighted by Gasteiger charge is -2.34. The predicted octanol–water partition coefficient (Wildman–Crippen LogP) is 2.42. The number of morpholine rings is 1. The van der Waals surface area contributed by atoms with Crippen LogP contribution in [0, 0.1) is 5.82 Å². The van der Waals surface area contributed by atoms with Gasteiger partial charge in [0.05, 0.1) is 13.2 Å². The van der Waals surface area contributed by atoms with Crippen molar-refractivity contribution in [3.63, 3.8) is 0 Å². The van der Waals surface area contributed by atoms with E-state index >= 15 is 0 Å². The van der Waals surface area contributed by atoms with E-state index in [-0.39, 0.29) is 5.82 Å². The lowest BCUT2D eigenvalue weighted by atomic mass is 10.1. The SMILES string of the molecule is CCN(c1ccc(F)cc1)C(C)CC1COCCN1. The number of hydrogen-bond donors (Lipinski definition) is 1. The molecule has 4 heteroatoms. The number of nitrogens with zero attached hydrogens (tertiary/aromatic N) is 1. The Labute approximate surface area is 114 Å². The maximum atomic E-state index is 13.0. The van der Waals surface area contributed by atoms with Crippen LogP contribution in [0.5, 0.6) is 0 Å². The highest BCUT2D eigenvalue weighted by Crippen LogP contribution is 2.20. The molecular weight excluding hydrogens is 243 g/mol. The van der Waals surface area contributed by atoms with Crippen molar-refractivity contribution < 1.29 is 9.13 Å². The van der Waals surface area contributed by atoms with Gasteiger partial charge in [-0.25, -0.2) is 4.39 Å². The summed E-state index contributed by atoms with van der Waals surface area (Å²) in [5, 5.41) is 3.48. The van der Waals surface area contributed by atoms with Gasteiger partial charge in [0.15, 0.2) is 0 Å². The summed E-state index contributed by atoms with van der Waals surface area (Å²) in [5.74, 6) is -0.185. The average Bonchev–Trinajstić information content (AvgIpc) is 2.43. The van der Waals surface area contributed by atoms with Crippen LogP contribution in [0.2, 0.25) is 0 Å². The highest BCUT2D eigenvalue weighted by atomic mass is 19.1. The molecule has 0 saturated carbocycles. The van der Waals surface area contributed by atoms with Gasteiger partial charge in [-0.15, -0.1) is 0 Å². The zero-order chi connectivity index (χ0) is 13.7. The van der Waals surface area contributed by atoms with Crippen LogP contribution in [0.25, 0.3) is 0 Å². The zero-order valence-corrected chi connectivity index (χ0v) is 11.7. The first-order valence-electron chi connectivity index (χ1n) is 7.04. The molecule has 2 unspecified atom stereocenters. The van der Waals surface area contributed by atoms with Crippen LogP contribution in [0.15, 0.2) is 24.3 Å². The maximum Gasteiger partial charge on any atom is 0.123 e. The van der Waals surface area contributed by atoms with Crippen LogP contribution < -0.4 is 10.2 Å². The van der Waals surface area contributed by atoms with Crippen LogP contribution in [0.1, 0.15) is 20.3 Å². The Morgan fingerprint density at radius 3 is 2.74 bits per heavy atom. The first-order valence-corrected chi connectivity index (χ1v) is 7.04. The van der Waals surface area contributed by atoms with Crippen LogP contribution in [-0.2, 0) is 4.74 Å². The fourth-order valence-electron chi connectivity index (χ4n) is 2.69. The second-order valence-corrected chi connectivity index (χ2v) is 5.07. The molecule has 0 aromatic heterocycles. The molecule has 19 heavy (non-hydrogen) atoms. The summed E-state index contributed by atoms with van der Waals surface area (Å²) < 4.78 is 18.5. The van der Waals surface area contributed by atoms with Crippen molar-refractivity contribution in [3.05, 3.63) is 30.1 Å². The molecule has 0 aliphatic carbocycles. The smallest absolute Gasteiger partial charge is 0.123 e. The number of rotatable bonds is 5. The molecule has 0 radical (unpaired) electrons. The molecule has 1 heterocycles. The van der Waals surface area contributed by atoms with Crippen molar-refractivity contribution in [2.45, 2.75) is 32.4 Å². The predicted molar refractivity (Wildman–Crippen MR) is 76.1 cm³/mol. The Balaban J connectivity index is 1.97. The number of ether oxygens (including phenoxy) is 1. The summed E-state index contributed by atoms with van der Waals surface area (Å²) in [5.41, 5.74) is 1.08. The van der Waals surface area contributed by atoms with E-state index in [1.54, 1.807) is 0 Å². The second kappa shape index (κ2) is 6.87. The first-order chi connectivity index (χ1) is 9.20. The van der Waals surface area contributed by atoms with Gasteiger partial charge < -0.3 is 15.0 Å². The monoisotopic (exact) mass is 266 g/mol. The third-order valence-corrected chi connectivity index (χ3v) is 3.66. The van der Waals surface area contributed by atoms with E-state index < -0.39 is 0 Å². The van der Waals surface area contributed by atoms with Gasteiger partial charge in [-0.3, -0.25) is 0 Å². The minimum absolute atomic E-state index is 0.185. The molecule has 1 aromatic carbocycles. The van der Waals surface area contributed by atoms with E-state index in [9.17, 15) is 4.39 Å². The molecule has 0 amide bonds. The van der Waals surface area contributed by atoms with Gasteiger partial charge in [0.2, 0.25) is 0 Å². The number of halogens is 1. The van der Waals surface area contributed by atoms with Crippen molar-refractivity contribution in [1.29, 1.82) is 0 Å². The van der Waals surface area contributed by atoms with E-state index in [4.69, 9.17) is 4.74 Å². The van der Waals surface area contributed by atoms with Crippen LogP contribution >= 0.6 is 0 Å². The normalized spacial score (nSPS) is 21.1. The van der Waals surface area contributed by atoms with Crippen LogP contribution in [0.4, 0.5) is 10.1 Å². The van der Waals surface area contributed by atoms with E-state index in [0.717, 1.165) is 38.4 Å². The number of anilines is 1. The number of nitrogens with one attached hydrogen (secondary N) is 1. The van der Waals surface area contributed by atoms with Gasteiger partial charge in [0.25, 0.3) is 0 Å². The summed E-state index contributed by atoms with van der Waals surface area (Å²) in [6.45, 7) is 7.78. The molecule has 3 nitrogen and oxygen atoms in total. The summed E-state index contributed by atoms with van der Waals surface area (Å²) in [6, 6.07) is 7.55. The molecule has 1 aliphatic heterocycles. The van der Waals surface area contributed by atoms with E-state index in [1.807, 2.05) is 12.1 Å². The lowest BCUT2D eigenvalue weighted by molar-refractivity contribution is 0.0722. The third-order valence-electron chi connectivity index (χ3n) is 3.66. The standard InChI is InChI=1S/C15H23FN2O/c1-3-18(15-6-4-13(16)5-7-15)12(2)10-14-11-19-9-8-17-14/h4-7,12,14,17H,3,8-11H2,1-2H3. The molecule has 1 saturated heterocycles. The molecule has 0 spiro atoms. The first kappa shape index (κ1) is 14.3. The Morgan fingerprint density at radius 2 is 2.16 bits per heavy atom. The highest BCUT2D eigenvalue weighted by molar-refractivity contribution is 5.47. The van der Waals surface area contributed by atoms with Gasteiger partial charge in [-0.05, 0) is 44.5 Å². The van der Waals surface area contributed by atoms with E-state index in [1.165, 1.54) is 12.1 Å². The Bertz CT molecular complexity index is 376. The molecule has 1 fully saturated rings. The van der Waals surface area contributed by atoms with Crippen molar-refractivity contribution in [1.82, 2.24) is 5.32 Å². The fourth-order valence-corrected chi connectivity index (χ4v) is 2.69. The Kier molecular flexibility index (Phi) is 5.16. The summed E-state index contributed by atoms with van der Waals surface area (Å²) in [4.78, 5) is 2.30. The zero-order valence-electron chi connectivity index (χ0n) is 11.7. The minimum Gasteiger partial charge on any atom is -0.379 e. The van der Waals surface area contributed by atoms with Crippen molar-refractivity contribution in [2.75, 3.05) is 31.2 Å². The molecule has 1 aliphatic rings. The van der Waals surface area contributed by atoms with Crippen LogP contribution in [0.3, 0.4) is 0 Å². The Hall–Kier alpha value is -1.13. The van der Waals surface area contributed by atoms with E-state index in [2.05, 4.69) is 24.1 Å². The quantitative estimate of drug-likeness (QED) is 0.886. The van der Waals surface area contributed by atoms with Crippen LogP contribution in [-0.4, -0.2) is 38.4 Å². The molecule has 1 N–H and O–H groups in total. The van der Waals surface area contributed by atoms with Crippen molar-refractivity contribution >= 4 is 5.69 Å². The van der Waals surface area contributed by atoms with E-state index in [0.29, 0.717) is 12.1 Å². The summed E-state index contributed by atoms with van der Waals surface area (Å²) >= 11 is 0. The fraction of sp³-hybridized carbons (Fsp3) is 0.600. The van der Waals surface area contributed by atoms with Gasteiger partial charge >= 0.3 is 0 Å². The molecule has 0 bridgehead atoms. The highest BCUT2D eigenvalue weighted by Gasteiger charge is 2.20.